The second-order valence-corrected chi connectivity index (χ2v) is 5.58. The van der Waals surface area contributed by atoms with Crippen LogP contribution in [0.1, 0.15) is 27.0 Å². The Bertz CT molecular complexity index is 887. The Morgan fingerprint density at radius 1 is 0.696 bits per heavy atom. The number of rotatable bonds is 2. The van der Waals surface area contributed by atoms with Gasteiger partial charge in [-0.15, -0.1) is 0 Å². The smallest absolute Gasteiger partial charge is 0.335 e. The zero-order valence-electron chi connectivity index (χ0n) is 12.4. The molecule has 2 nitrogen and oxygen atoms in total. The summed E-state index contributed by atoms with van der Waals surface area (Å²) in [5, 5.41) is 9.00. The van der Waals surface area contributed by atoms with Crippen LogP contribution in [-0.4, -0.2) is 11.1 Å². The zero-order chi connectivity index (χ0) is 15.8. The molecule has 110 valence electrons. The van der Waals surface area contributed by atoms with Crippen molar-refractivity contribution in [2.75, 3.05) is 0 Å². The minimum atomic E-state index is -0.902. The van der Waals surface area contributed by atoms with E-state index in [1.165, 1.54) is 27.8 Å². The highest BCUT2D eigenvalue weighted by Crippen LogP contribution is 2.44. The van der Waals surface area contributed by atoms with Crippen LogP contribution in [0.4, 0.5) is 0 Å². The van der Waals surface area contributed by atoms with Crippen molar-refractivity contribution >= 4 is 17.6 Å². The lowest BCUT2D eigenvalue weighted by atomic mass is 10.0. The molecule has 0 saturated heterocycles. The molecule has 1 aliphatic carbocycles. The lowest BCUT2D eigenvalue weighted by Gasteiger charge is -2.03. The molecule has 23 heavy (non-hydrogen) atoms. The molecule has 0 aliphatic heterocycles. The Morgan fingerprint density at radius 3 is 1.65 bits per heavy atom. The van der Waals surface area contributed by atoms with Gasteiger partial charge in [0.25, 0.3) is 0 Å². The van der Waals surface area contributed by atoms with Crippen LogP contribution in [0.5, 0.6) is 0 Å². The molecule has 0 fully saturated rings. The molecule has 0 heterocycles. The first-order valence-corrected chi connectivity index (χ1v) is 7.48. The quantitative estimate of drug-likeness (QED) is 0.568. The Morgan fingerprint density at radius 2 is 1.17 bits per heavy atom. The molecule has 0 amide bonds. The first-order valence-electron chi connectivity index (χ1n) is 7.48. The van der Waals surface area contributed by atoms with Gasteiger partial charge in [-0.05, 0) is 51.6 Å². The van der Waals surface area contributed by atoms with E-state index in [-0.39, 0.29) is 0 Å². The highest BCUT2D eigenvalue weighted by atomic mass is 16.4. The molecule has 1 N–H and O–H groups in total. The highest BCUT2D eigenvalue weighted by molar-refractivity contribution is 6.06. The Hall–Kier alpha value is -3.13. The molecular formula is C21H14O2. The summed E-state index contributed by atoms with van der Waals surface area (Å²) in [6.45, 7) is 0. The van der Waals surface area contributed by atoms with E-state index in [1.54, 1.807) is 12.1 Å². The monoisotopic (exact) mass is 298 g/mol. The van der Waals surface area contributed by atoms with Crippen molar-refractivity contribution in [1.82, 2.24) is 0 Å². The summed E-state index contributed by atoms with van der Waals surface area (Å²) in [4.78, 5) is 11.0. The Balaban J connectivity index is 1.86. The zero-order valence-corrected chi connectivity index (χ0v) is 12.4. The van der Waals surface area contributed by atoms with Gasteiger partial charge in [0, 0.05) is 0 Å². The summed E-state index contributed by atoms with van der Waals surface area (Å²) in [5.41, 5.74) is 7.41. The fourth-order valence-corrected chi connectivity index (χ4v) is 3.09. The van der Waals surface area contributed by atoms with Crippen molar-refractivity contribution in [2.24, 2.45) is 0 Å². The summed E-state index contributed by atoms with van der Waals surface area (Å²) >= 11 is 0. The molecule has 1 aliphatic rings. The summed E-state index contributed by atoms with van der Waals surface area (Å²) in [5.74, 6) is -0.902. The van der Waals surface area contributed by atoms with E-state index >= 15 is 0 Å². The molecule has 0 radical (unpaired) electrons. The topological polar surface area (TPSA) is 37.3 Å². The molecule has 3 aromatic carbocycles. The average Bonchev–Trinajstić information content (AvgIpc) is 2.90. The molecule has 0 bridgehead atoms. The number of aromatic carboxylic acids is 1. The molecule has 0 atom stereocenters. The van der Waals surface area contributed by atoms with Crippen molar-refractivity contribution < 1.29 is 9.90 Å². The first kappa shape index (κ1) is 13.5. The molecule has 0 saturated carbocycles. The molecule has 2 heteroatoms. The number of carboxylic acid groups (broad SMARTS) is 1. The van der Waals surface area contributed by atoms with Gasteiger partial charge >= 0.3 is 5.97 Å². The summed E-state index contributed by atoms with van der Waals surface area (Å²) in [6.07, 6.45) is 2.12. The highest BCUT2D eigenvalue weighted by Gasteiger charge is 2.22. The third-order valence-corrected chi connectivity index (χ3v) is 4.19. The van der Waals surface area contributed by atoms with Crippen LogP contribution < -0.4 is 0 Å². The van der Waals surface area contributed by atoms with Crippen LogP contribution in [0.25, 0.3) is 22.8 Å². The number of fused-ring (bicyclic) bond motifs is 3. The number of hydrogen-bond acceptors (Lipinski definition) is 1. The standard InChI is InChI=1S/C21H14O2/c22-21(23)15-11-9-14(10-12-15)13-20-18-7-3-1-5-16(18)17-6-2-4-8-19(17)20/h1-13H,(H,22,23). The first-order chi connectivity index (χ1) is 11.2. The largest absolute Gasteiger partial charge is 0.478 e. The fourth-order valence-electron chi connectivity index (χ4n) is 3.09. The number of carboxylic acids is 1. The fraction of sp³-hybridized carbons (Fsp3) is 0. The summed E-state index contributed by atoms with van der Waals surface area (Å²) in [7, 11) is 0. The van der Waals surface area contributed by atoms with E-state index in [2.05, 4.69) is 42.5 Å². The number of carbonyl (C=O) groups is 1. The van der Waals surface area contributed by atoms with Crippen LogP contribution in [0, 0.1) is 0 Å². The molecule has 0 spiro atoms. The van der Waals surface area contributed by atoms with Crippen LogP contribution in [-0.2, 0) is 0 Å². The molecule has 4 rings (SSSR count). The van der Waals surface area contributed by atoms with Crippen molar-refractivity contribution in [2.45, 2.75) is 0 Å². The minimum absolute atomic E-state index is 0.305. The van der Waals surface area contributed by atoms with Crippen molar-refractivity contribution in [3.05, 3.63) is 95.1 Å². The maximum atomic E-state index is 11.0. The lowest BCUT2D eigenvalue weighted by Crippen LogP contribution is -1.94. The predicted octanol–water partition coefficient (Wildman–Crippen LogP) is 4.95. The molecular weight excluding hydrogens is 284 g/mol. The van der Waals surface area contributed by atoms with Crippen LogP contribution in [0.3, 0.4) is 0 Å². The van der Waals surface area contributed by atoms with Gasteiger partial charge in [0.2, 0.25) is 0 Å². The number of benzene rings is 3. The van der Waals surface area contributed by atoms with Gasteiger partial charge in [0.05, 0.1) is 5.56 Å². The van der Waals surface area contributed by atoms with Gasteiger partial charge in [-0.2, -0.15) is 0 Å². The maximum absolute atomic E-state index is 11.0. The predicted molar refractivity (Wildman–Crippen MR) is 92.3 cm³/mol. The third-order valence-electron chi connectivity index (χ3n) is 4.19. The van der Waals surface area contributed by atoms with E-state index in [0.717, 1.165) is 5.56 Å². The van der Waals surface area contributed by atoms with Gasteiger partial charge in [0.15, 0.2) is 0 Å². The number of hydrogen-bond donors (Lipinski definition) is 1. The third kappa shape index (κ3) is 2.25. The summed E-state index contributed by atoms with van der Waals surface area (Å²) in [6, 6.07) is 23.7. The average molecular weight is 298 g/mol. The maximum Gasteiger partial charge on any atom is 0.335 e. The van der Waals surface area contributed by atoms with Crippen LogP contribution in [0.2, 0.25) is 0 Å². The van der Waals surface area contributed by atoms with E-state index in [9.17, 15) is 4.79 Å². The Labute approximate surface area is 134 Å². The molecule has 3 aromatic rings. The molecule has 0 unspecified atom stereocenters. The van der Waals surface area contributed by atoms with Gasteiger partial charge in [-0.25, -0.2) is 4.79 Å². The molecule has 0 aromatic heterocycles. The normalized spacial score (nSPS) is 11.7. The van der Waals surface area contributed by atoms with Crippen LogP contribution in [0.15, 0.2) is 72.8 Å². The van der Waals surface area contributed by atoms with Crippen molar-refractivity contribution in [1.29, 1.82) is 0 Å². The lowest BCUT2D eigenvalue weighted by molar-refractivity contribution is 0.0697. The minimum Gasteiger partial charge on any atom is -0.478 e. The second kappa shape index (κ2) is 5.25. The Kier molecular flexibility index (Phi) is 3.09. The van der Waals surface area contributed by atoms with Crippen molar-refractivity contribution in [3.63, 3.8) is 0 Å². The van der Waals surface area contributed by atoms with Crippen LogP contribution >= 0.6 is 0 Å². The van der Waals surface area contributed by atoms with E-state index < -0.39 is 5.97 Å². The SMILES string of the molecule is O=C(O)c1ccc(C=C2c3ccccc3-c3ccccc32)cc1. The van der Waals surface area contributed by atoms with Crippen molar-refractivity contribution in [3.8, 4) is 11.1 Å². The second-order valence-electron chi connectivity index (χ2n) is 5.58. The van der Waals surface area contributed by atoms with Gasteiger partial charge in [0.1, 0.15) is 0 Å². The van der Waals surface area contributed by atoms with Gasteiger partial charge < -0.3 is 5.11 Å². The van der Waals surface area contributed by atoms with E-state index in [1.807, 2.05) is 24.3 Å². The van der Waals surface area contributed by atoms with Gasteiger partial charge in [-0.1, -0.05) is 60.7 Å². The van der Waals surface area contributed by atoms with E-state index in [4.69, 9.17) is 5.11 Å². The van der Waals surface area contributed by atoms with Gasteiger partial charge in [-0.3, -0.25) is 0 Å². The van der Waals surface area contributed by atoms with E-state index in [0.29, 0.717) is 5.56 Å². The summed E-state index contributed by atoms with van der Waals surface area (Å²) < 4.78 is 0.